The molecule has 1 aromatic carbocycles. The van der Waals surface area contributed by atoms with Crippen molar-refractivity contribution in [2.45, 2.75) is 6.92 Å². The molecule has 0 amide bonds. The largest absolute Gasteiger partial charge is 0.287 e. The van der Waals surface area contributed by atoms with Crippen molar-refractivity contribution in [2.24, 2.45) is 7.05 Å². The maximum absolute atomic E-state index is 13.8. The molecular weight excluding hydrogens is 289 g/mol. The van der Waals surface area contributed by atoms with Crippen LogP contribution >= 0.6 is 15.9 Å². The Kier molecular flexibility index (Phi) is 3.06. The Balaban J connectivity index is 2.55. The normalized spacial score (nSPS) is 10.6. The molecule has 0 spiro atoms. The van der Waals surface area contributed by atoms with Crippen LogP contribution in [0, 0.1) is 12.7 Å². The molecule has 0 saturated heterocycles. The lowest BCUT2D eigenvalue weighted by atomic mass is 10.1. The van der Waals surface area contributed by atoms with E-state index in [2.05, 4.69) is 26.2 Å². The Bertz CT molecular complexity index is 575. The standard InChI is InChI=1S/C11H9BrFN3O/c1-6-4-3-5-7(8(6)13)10(17)9-11(12)14-15-16(9)2/h3-5H,1-2H3. The van der Waals surface area contributed by atoms with Crippen molar-refractivity contribution in [3.63, 3.8) is 0 Å². The van der Waals surface area contributed by atoms with Gasteiger partial charge in [-0.1, -0.05) is 17.3 Å². The Morgan fingerprint density at radius 2 is 2.18 bits per heavy atom. The molecule has 17 heavy (non-hydrogen) atoms. The summed E-state index contributed by atoms with van der Waals surface area (Å²) in [6, 6.07) is 4.70. The van der Waals surface area contributed by atoms with E-state index in [0.717, 1.165) is 0 Å². The Morgan fingerprint density at radius 1 is 1.47 bits per heavy atom. The molecule has 0 saturated carbocycles. The molecule has 0 N–H and O–H groups in total. The van der Waals surface area contributed by atoms with Gasteiger partial charge in [-0.25, -0.2) is 9.07 Å². The van der Waals surface area contributed by atoms with Gasteiger partial charge in [0.2, 0.25) is 5.78 Å². The summed E-state index contributed by atoms with van der Waals surface area (Å²) in [4.78, 5) is 12.2. The van der Waals surface area contributed by atoms with E-state index < -0.39 is 11.6 Å². The lowest BCUT2D eigenvalue weighted by molar-refractivity contribution is 0.102. The summed E-state index contributed by atoms with van der Waals surface area (Å²) in [5.74, 6) is -0.948. The molecule has 0 aliphatic carbocycles. The highest BCUT2D eigenvalue weighted by atomic mass is 79.9. The van der Waals surface area contributed by atoms with Crippen LogP contribution < -0.4 is 0 Å². The number of carbonyl (C=O) groups excluding carboxylic acids is 1. The second kappa shape index (κ2) is 4.37. The first-order chi connectivity index (χ1) is 8.02. The van der Waals surface area contributed by atoms with Crippen molar-refractivity contribution in [2.75, 3.05) is 0 Å². The number of halogens is 2. The molecule has 0 bridgehead atoms. The van der Waals surface area contributed by atoms with Gasteiger partial charge in [0.25, 0.3) is 0 Å². The molecule has 2 aromatic rings. The molecule has 0 unspecified atom stereocenters. The second-order valence-corrected chi connectivity index (χ2v) is 4.37. The van der Waals surface area contributed by atoms with E-state index >= 15 is 0 Å². The summed E-state index contributed by atoms with van der Waals surface area (Å²) in [5, 5.41) is 7.39. The van der Waals surface area contributed by atoms with Crippen LogP contribution in [0.25, 0.3) is 0 Å². The summed E-state index contributed by atoms with van der Waals surface area (Å²) < 4.78 is 15.4. The highest BCUT2D eigenvalue weighted by Crippen LogP contribution is 2.20. The van der Waals surface area contributed by atoms with Crippen LogP contribution in [-0.2, 0) is 7.05 Å². The quantitative estimate of drug-likeness (QED) is 0.799. The number of rotatable bonds is 2. The summed E-state index contributed by atoms with van der Waals surface area (Å²) in [6.07, 6.45) is 0. The molecule has 0 fully saturated rings. The van der Waals surface area contributed by atoms with Gasteiger partial charge >= 0.3 is 0 Å². The molecule has 2 rings (SSSR count). The molecule has 0 aliphatic heterocycles. The molecule has 4 nitrogen and oxygen atoms in total. The van der Waals surface area contributed by atoms with Crippen LogP contribution in [0.2, 0.25) is 0 Å². The molecular formula is C11H9BrFN3O. The van der Waals surface area contributed by atoms with Crippen LogP contribution in [-0.4, -0.2) is 20.8 Å². The number of hydrogen-bond acceptors (Lipinski definition) is 3. The van der Waals surface area contributed by atoms with Gasteiger partial charge in [-0.2, -0.15) is 0 Å². The fourth-order valence-electron chi connectivity index (χ4n) is 1.52. The molecule has 1 aromatic heterocycles. The fraction of sp³-hybridized carbons (Fsp3) is 0.182. The molecule has 1 heterocycles. The van der Waals surface area contributed by atoms with E-state index in [1.165, 1.54) is 10.7 Å². The molecule has 0 atom stereocenters. The number of aryl methyl sites for hydroxylation is 2. The molecule has 0 aliphatic rings. The maximum atomic E-state index is 13.8. The predicted molar refractivity (Wildman–Crippen MR) is 63.3 cm³/mol. The van der Waals surface area contributed by atoms with Crippen LogP contribution in [0.1, 0.15) is 21.6 Å². The zero-order valence-corrected chi connectivity index (χ0v) is 10.8. The van der Waals surface area contributed by atoms with Gasteiger partial charge in [0, 0.05) is 7.05 Å². The minimum atomic E-state index is -0.509. The van der Waals surface area contributed by atoms with Gasteiger partial charge in [-0.15, -0.1) is 5.10 Å². The van der Waals surface area contributed by atoms with Gasteiger partial charge in [-0.3, -0.25) is 4.79 Å². The summed E-state index contributed by atoms with van der Waals surface area (Å²) in [7, 11) is 1.58. The first-order valence-electron chi connectivity index (χ1n) is 4.87. The maximum Gasteiger partial charge on any atom is 0.216 e. The van der Waals surface area contributed by atoms with Gasteiger partial charge in [0.15, 0.2) is 4.60 Å². The van der Waals surface area contributed by atoms with Gasteiger partial charge < -0.3 is 0 Å². The average molecular weight is 298 g/mol. The lowest BCUT2D eigenvalue weighted by Gasteiger charge is -2.04. The molecule has 88 valence electrons. The van der Waals surface area contributed by atoms with Gasteiger partial charge in [-0.05, 0) is 34.5 Å². The van der Waals surface area contributed by atoms with E-state index in [-0.39, 0.29) is 11.3 Å². The van der Waals surface area contributed by atoms with Crippen LogP contribution in [0.4, 0.5) is 4.39 Å². The monoisotopic (exact) mass is 297 g/mol. The van der Waals surface area contributed by atoms with Crippen LogP contribution in [0.3, 0.4) is 0 Å². The number of benzene rings is 1. The smallest absolute Gasteiger partial charge is 0.216 e. The first-order valence-corrected chi connectivity index (χ1v) is 5.66. The highest BCUT2D eigenvalue weighted by Gasteiger charge is 2.22. The fourth-order valence-corrected chi connectivity index (χ4v) is 2.03. The van der Waals surface area contributed by atoms with Gasteiger partial charge in [0.1, 0.15) is 11.5 Å². The number of aromatic nitrogens is 3. The number of carbonyl (C=O) groups is 1. The summed E-state index contributed by atoms with van der Waals surface area (Å²) in [5.41, 5.74) is 0.688. The van der Waals surface area contributed by atoms with E-state index in [1.54, 1.807) is 26.1 Å². The first kappa shape index (κ1) is 11.9. The van der Waals surface area contributed by atoms with Crippen molar-refractivity contribution in [1.82, 2.24) is 15.0 Å². The number of hydrogen-bond donors (Lipinski definition) is 0. The molecule has 0 radical (unpaired) electrons. The third-order valence-corrected chi connectivity index (χ3v) is 2.97. The van der Waals surface area contributed by atoms with E-state index in [9.17, 15) is 9.18 Å². The van der Waals surface area contributed by atoms with Crippen molar-refractivity contribution in [3.05, 3.63) is 45.4 Å². The average Bonchev–Trinajstić information content (AvgIpc) is 2.62. The Morgan fingerprint density at radius 3 is 2.76 bits per heavy atom. The Hall–Kier alpha value is -1.56. The zero-order chi connectivity index (χ0) is 12.6. The number of nitrogens with zero attached hydrogens (tertiary/aromatic N) is 3. The lowest BCUT2D eigenvalue weighted by Crippen LogP contribution is -2.11. The predicted octanol–water partition coefficient (Wildman–Crippen LogP) is 2.26. The summed E-state index contributed by atoms with van der Waals surface area (Å²) in [6.45, 7) is 1.61. The number of ketones is 1. The van der Waals surface area contributed by atoms with Crippen molar-refractivity contribution < 1.29 is 9.18 Å². The van der Waals surface area contributed by atoms with E-state index in [1.807, 2.05) is 0 Å². The van der Waals surface area contributed by atoms with Crippen molar-refractivity contribution >= 4 is 21.7 Å². The summed E-state index contributed by atoms with van der Waals surface area (Å²) >= 11 is 3.12. The van der Waals surface area contributed by atoms with Crippen molar-refractivity contribution in [3.8, 4) is 0 Å². The Labute approximate surface area is 106 Å². The third-order valence-electron chi connectivity index (χ3n) is 2.44. The third kappa shape index (κ3) is 2.00. The minimum absolute atomic E-state index is 0.0242. The minimum Gasteiger partial charge on any atom is -0.287 e. The van der Waals surface area contributed by atoms with Gasteiger partial charge in [0.05, 0.1) is 5.56 Å². The zero-order valence-electron chi connectivity index (χ0n) is 9.24. The topological polar surface area (TPSA) is 47.8 Å². The highest BCUT2D eigenvalue weighted by molar-refractivity contribution is 9.10. The van der Waals surface area contributed by atoms with E-state index in [4.69, 9.17) is 0 Å². The SMILES string of the molecule is Cc1cccc(C(=O)c2c(Br)nnn2C)c1F. The van der Waals surface area contributed by atoms with Crippen LogP contribution in [0.5, 0.6) is 0 Å². The molecule has 6 heteroatoms. The van der Waals surface area contributed by atoms with Crippen LogP contribution in [0.15, 0.2) is 22.8 Å². The van der Waals surface area contributed by atoms with E-state index in [0.29, 0.717) is 10.2 Å². The van der Waals surface area contributed by atoms with Crippen molar-refractivity contribution in [1.29, 1.82) is 0 Å². The second-order valence-electron chi connectivity index (χ2n) is 3.62.